The zero-order valence-electron chi connectivity index (χ0n) is 20.0. The van der Waals surface area contributed by atoms with Gasteiger partial charge in [0.1, 0.15) is 11.5 Å². The number of ether oxygens (including phenoxy) is 2. The summed E-state index contributed by atoms with van der Waals surface area (Å²) in [5, 5.41) is 8.50. The van der Waals surface area contributed by atoms with Crippen LogP contribution in [0.3, 0.4) is 0 Å². The Balaban J connectivity index is 1.42. The molecule has 3 aromatic heterocycles. The summed E-state index contributed by atoms with van der Waals surface area (Å²) in [5.41, 5.74) is 4.21. The van der Waals surface area contributed by atoms with Gasteiger partial charge in [0.15, 0.2) is 5.65 Å². The molecule has 1 aromatic carbocycles. The predicted octanol–water partition coefficient (Wildman–Crippen LogP) is 2.94. The normalized spacial score (nSPS) is 13.9. The number of anilines is 3. The molecule has 0 spiro atoms. The van der Waals surface area contributed by atoms with Gasteiger partial charge in [-0.3, -0.25) is 4.68 Å². The van der Waals surface area contributed by atoms with Crippen molar-refractivity contribution in [1.29, 1.82) is 0 Å². The van der Waals surface area contributed by atoms with Gasteiger partial charge in [-0.15, -0.1) is 0 Å². The number of aromatic nitrogens is 5. The van der Waals surface area contributed by atoms with Crippen LogP contribution in [-0.2, 0) is 7.05 Å². The van der Waals surface area contributed by atoms with Gasteiger partial charge in [-0.2, -0.15) is 5.10 Å². The van der Waals surface area contributed by atoms with Crippen molar-refractivity contribution < 1.29 is 9.47 Å². The molecule has 0 unspecified atom stereocenters. The van der Waals surface area contributed by atoms with Crippen LogP contribution < -0.4 is 19.7 Å². The number of pyridine rings is 1. The molecule has 176 valence electrons. The fraction of sp³-hybridized carbons (Fsp3) is 0.333. The van der Waals surface area contributed by atoms with E-state index in [0.29, 0.717) is 17.7 Å². The maximum atomic E-state index is 5.70. The third-order valence-corrected chi connectivity index (χ3v) is 6.20. The molecule has 0 bridgehead atoms. The maximum Gasteiger partial charge on any atom is 0.227 e. The number of rotatable bonds is 7. The van der Waals surface area contributed by atoms with E-state index in [0.717, 1.165) is 52.5 Å². The first-order valence-electron chi connectivity index (χ1n) is 11.0. The summed E-state index contributed by atoms with van der Waals surface area (Å²) < 4.78 is 13.1. The summed E-state index contributed by atoms with van der Waals surface area (Å²) in [5.74, 6) is 1.91. The number of fused-ring (bicyclic) bond motifs is 1. The zero-order chi connectivity index (χ0) is 23.8. The Labute approximate surface area is 198 Å². The first-order valence-corrected chi connectivity index (χ1v) is 11.0. The largest absolute Gasteiger partial charge is 0.494 e. The van der Waals surface area contributed by atoms with Gasteiger partial charge in [-0.1, -0.05) is 0 Å². The average Bonchev–Trinajstić information content (AvgIpc) is 3.18. The van der Waals surface area contributed by atoms with Crippen molar-refractivity contribution in [2.75, 3.05) is 51.6 Å². The summed E-state index contributed by atoms with van der Waals surface area (Å²) in [6.07, 6.45) is 5.31. The van der Waals surface area contributed by atoms with Crippen molar-refractivity contribution in [3.63, 3.8) is 0 Å². The Bertz CT molecular complexity index is 1330. The van der Waals surface area contributed by atoms with E-state index in [9.17, 15) is 0 Å². The monoisotopic (exact) mass is 460 g/mol. The van der Waals surface area contributed by atoms with E-state index in [2.05, 4.69) is 44.3 Å². The highest BCUT2D eigenvalue weighted by atomic mass is 16.5. The maximum absolute atomic E-state index is 5.70. The van der Waals surface area contributed by atoms with Crippen molar-refractivity contribution >= 4 is 28.4 Å². The molecule has 5 rings (SSSR count). The first-order chi connectivity index (χ1) is 16.5. The van der Waals surface area contributed by atoms with E-state index in [1.165, 1.54) is 0 Å². The summed E-state index contributed by atoms with van der Waals surface area (Å²) in [6.45, 7) is 1.89. The molecule has 1 aliphatic rings. The molecule has 0 radical (unpaired) electrons. The van der Waals surface area contributed by atoms with E-state index in [1.54, 1.807) is 37.5 Å². The number of likely N-dealkylation sites (N-methyl/N-ethyl adjacent to an activating group) is 1. The second-order valence-corrected chi connectivity index (χ2v) is 8.54. The fourth-order valence-electron chi connectivity index (χ4n) is 4.09. The molecule has 1 saturated heterocycles. The van der Waals surface area contributed by atoms with Gasteiger partial charge >= 0.3 is 0 Å². The Kier molecular flexibility index (Phi) is 5.66. The van der Waals surface area contributed by atoms with E-state index >= 15 is 0 Å². The van der Waals surface area contributed by atoms with Crippen LogP contribution in [-0.4, -0.2) is 77.1 Å². The SMILES string of the molecule is COc1cc(N2CC(N(C)C)C2)c(OC)cc1Nc1nccc(-c2cnc3c(cnn3C)c2)n1. The molecule has 1 fully saturated rings. The van der Waals surface area contributed by atoms with Gasteiger partial charge in [-0.25, -0.2) is 15.0 Å². The predicted molar refractivity (Wildman–Crippen MR) is 132 cm³/mol. The van der Waals surface area contributed by atoms with Crippen molar-refractivity contribution in [1.82, 2.24) is 29.6 Å². The number of hydrogen-bond donors (Lipinski definition) is 1. The number of nitrogens with zero attached hydrogens (tertiary/aromatic N) is 7. The van der Waals surface area contributed by atoms with Crippen LogP contribution in [0.4, 0.5) is 17.3 Å². The lowest BCUT2D eigenvalue weighted by molar-refractivity contribution is 0.245. The van der Waals surface area contributed by atoms with Crippen LogP contribution in [0.5, 0.6) is 11.5 Å². The van der Waals surface area contributed by atoms with E-state index in [1.807, 2.05) is 31.3 Å². The molecule has 0 atom stereocenters. The Hall–Kier alpha value is -3.92. The smallest absolute Gasteiger partial charge is 0.227 e. The van der Waals surface area contributed by atoms with E-state index in [-0.39, 0.29) is 0 Å². The topological polar surface area (TPSA) is 93.5 Å². The molecule has 0 saturated carbocycles. The standard InChI is InChI=1S/C24H28N8O2/c1-30(2)17-13-32(14-17)20-10-21(33-4)19(9-22(20)34-5)29-24-25-7-6-18(28-24)15-8-16-12-27-31(3)23(16)26-11-15/h6-12,17H,13-14H2,1-5H3,(H,25,28,29). The number of methoxy groups -OCH3 is 2. The van der Waals surface area contributed by atoms with Gasteiger partial charge < -0.3 is 24.6 Å². The molecular weight excluding hydrogens is 432 g/mol. The third-order valence-electron chi connectivity index (χ3n) is 6.20. The van der Waals surface area contributed by atoms with Crippen LogP contribution in [0.1, 0.15) is 0 Å². The minimum Gasteiger partial charge on any atom is -0.494 e. The Morgan fingerprint density at radius 3 is 2.56 bits per heavy atom. The van der Waals surface area contributed by atoms with Gasteiger partial charge in [0.2, 0.25) is 5.95 Å². The molecule has 4 heterocycles. The molecule has 10 heteroatoms. The van der Waals surface area contributed by atoms with Crippen LogP contribution in [0, 0.1) is 0 Å². The quantitative estimate of drug-likeness (QED) is 0.447. The first kappa shape index (κ1) is 21.9. The fourth-order valence-corrected chi connectivity index (χ4v) is 4.09. The second-order valence-electron chi connectivity index (χ2n) is 8.54. The van der Waals surface area contributed by atoms with Gasteiger partial charge in [0.05, 0.1) is 37.5 Å². The number of hydrogen-bond acceptors (Lipinski definition) is 9. The van der Waals surface area contributed by atoms with Crippen LogP contribution >= 0.6 is 0 Å². The van der Waals surface area contributed by atoms with Crippen molar-refractivity contribution in [3.8, 4) is 22.8 Å². The van der Waals surface area contributed by atoms with Crippen LogP contribution in [0.15, 0.2) is 42.9 Å². The summed E-state index contributed by atoms with van der Waals surface area (Å²) in [6, 6.07) is 8.34. The van der Waals surface area contributed by atoms with Crippen molar-refractivity contribution in [3.05, 3.63) is 42.9 Å². The lowest BCUT2D eigenvalue weighted by Crippen LogP contribution is -2.57. The molecule has 0 amide bonds. The lowest BCUT2D eigenvalue weighted by atomic mass is 10.1. The molecule has 34 heavy (non-hydrogen) atoms. The third kappa shape index (κ3) is 3.96. The highest BCUT2D eigenvalue weighted by Gasteiger charge is 2.31. The van der Waals surface area contributed by atoms with Crippen molar-refractivity contribution in [2.24, 2.45) is 7.05 Å². The van der Waals surface area contributed by atoms with E-state index in [4.69, 9.17) is 14.5 Å². The summed E-state index contributed by atoms with van der Waals surface area (Å²) >= 11 is 0. The molecular formula is C24H28N8O2. The number of nitrogens with one attached hydrogen (secondary N) is 1. The average molecular weight is 461 g/mol. The van der Waals surface area contributed by atoms with Gasteiger partial charge in [0, 0.05) is 61.7 Å². The molecule has 10 nitrogen and oxygen atoms in total. The van der Waals surface area contributed by atoms with Gasteiger partial charge in [0.25, 0.3) is 0 Å². The number of benzene rings is 1. The second kappa shape index (κ2) is 8.79. The van der Waals surface area contributed by atoms with Gasteiger partial charge in [-0.05, 0) is 26.2 Å². The zero-order valence-corrected chi connectivity index (χ0v) is 20.0. The molecule has 1 aliphatic heterocycles. The molecule has 0 aliphatic carbocycles. The van der Waals surface area contributed by atoms with E-state index < -0.39 is 0 Å². The Morgan fingerprint density at radius 2 is 1.82 bits per heavy atom. The summed E-state index contributed by atoms with van der Waals surface area (Å²) in [7, 11) is 9.41. The van der Waals surface area contributed by atoms with Crippen LogP contribution in [0.25, 0.3) is 22.3 Å². The molecule has 1 N–H and O–H groups in total. The minimum atomic E-state index is 0.452. The molecule has 4 aromatic rings. The lowest BCUT2D eigenvalue weighted by Gasteiger charge is -2.44. The minimum absolute atomic E-state index is 0.452. The summed E-state index contributed by atoms with van der Waals surface area (Å²) in [4.78, 5) is 18.1. The highest BCUT2D eigenvalue weighted by molar-refractivity contribution is 5.80. The Morgan fingerprint density at radius 1 is 1.03 bits per heavy atom. The van der Waals surface area contributed by atoms with Crippen molar-refractivity contribution in [2.45, 2.75) is 6.04 Å². The van der Waals surface area contributed by atoms with Crippen LogP contribution in [0.2, 0.25) is 0 Å². The number of aryl methyl sites for hydroxylation is 1. The highest BCUT2D eigenvalue weighted by Crippen LogP contribution is 2.41.